The zero-order valence-corrected chi connectivity index (χ0v) is 12.7. The van der Waals surface area contributed by atoms with Gasteiger partial charge in [0.25, 0.3) is 0 Å². The highest BCUT2D eigenvalue weighted by Gasteiger charge is 2.16. The number of pyridine rings is 1. The van der Waals surface area contributed by atoms with Crippen LogP contribution in [0.1, 0.15) is 15.9 Å². The van der Waals surface area contributed by atoms with Crippen molar-refractivity contribution in [3.05, 3.63) is 59.8 Å². The lowest BCUT2D eigenvalue weighted by Gasteiger charge is -2.20. The molecule has 1 aromatic carbocycles. The van der Waals surface area contributed by atoms with Crippen molar-refractivity contribution in [1.82, 2.24) is 4.98 Å². The number of thiol groups is 1. The lowest BCUT2D eigenvalue weighted by Crippen LogP contribution is -2.32. The van der Waals surface area contributed by atoms with E-state index in [1.807, 2.05) is 43.3 Å². The molecule has 0 N–H and O–H groups in total. The van der Waals surface area contributed by atoms with Crippen molar-refractivity contribution in [2.24, 2.45) is 0 Å². The Hall–Kier alpha value is -1.72. The van der Waals surface area contributed by atoms with Gasteiger partial charge in [0, 0.05) is 11.8 Å². The Kier molecular flexibility index (Phi) is 4.87. The molecule has 0 saturated heterocycles. The topological polar surface area (TPSA) is 33.2 Å². The Bertz CT molecular complexity index is 612. The molecule has 20 heavy (non-hydrogen) atoms. The van der Waals surface area contributed by atoms with Crippen molar-refractivity contribution in [1.29, 1.82) is 0 Å². The maximum absolute atomic E-state index is 12.3. The summed E-state index contributed by atoms with van der Waals surface area (Å²) in [6, 6.07) is 12.9. The molecule has 5 heteroatoms. The number of thiocarbonyl (C=S) groups is 1. The fraction of sp³-hybridized carbons (Fsp3) is 0.133. The first kappa shape index (κ1) is 14.7. The first-order valence-electron chi connectivity index (χ1n) is 6.09. The molecule has 2 aromatic rings. The number of carbonyl (C=O) groups excluding carboxylic acids is 1. The molecule has 0 bridgehead atoms. The van der Waals surface area contributed by atoms with Gasteiger partial charge in [0.05, 0.1) is 6.54 Å². The van der Waals surface area contributed by atoms with E-state index >= 15 is 0 Å². The fourth-order valence-electron chi connectivity index (χ4n) is 1.73. The third-order valence-corrected chi connectivity index (χ3v) is 3.29. The number of ketones is 1. The zero-order valence-electron chi connectivity index (χ0n) is 11.0. The number of hydrogen-bond donors (Lipinski definition) is 1. The highest BCUT2D eigenvalue weighted by Crippen LogP contribution is 2.14. The molecule has 0 spiro atoms. The molecular weight excluding hydrogens is 288 g/mol. The number of rotatable bonds is 4. The minimum Gasteiger partial charge on any atom is -0.304 e. The lowest BCUT2D eigenvalue weighted by molar-refractivity contribution is 0.100. The predicted octanol–water partition coefficient (Wildman–Crippen LogP) is 3.29. The molecule has 1 aromatic heterocycles. The smallest absolute Gasteiger partial charge is 0.182 e. The number of benzene rings is 1. The maximum Gasteiger partial charge on any atom is 0.182 e. The Morgan fingerprint density at radius 1 is 1.25 bits per heavy atom. The molecule has 0 fully saturated rings. The van der Waals surface area contributed by atoms with Crippen molar-refractivity contribution in [2.45, 2.75) is 6.92 Å². The summed E-state index contributed by atoms with van der Waals surface area (Å²) in [5.74, 6) is 0.597. The van der Waals surface area contributed by atoms with E-state index in [9.17, 15) is 4.79 Å². The second-order valence-corrected chi connectivity index (χ2v) is 5.46. The average Bonchev–Trinajstić information content (AvgIpc) is 2.46. The van der Waals surface area contributed by atoms with E-state index in [0.29, 0.717) is 15.7 Å². The predicted molar refractivity (Wildman–Crippen MR) is 88.7 cm³/mol. The summed E-state index contributed by atoms with van der Waals surface area (Å²) in [5, 5.41) is 0. The molecule has 0 aliphatic heterocycles. The first-order chi connectivity index (χ1) is 9.58. The molecule has 0 amide bonds. The van der Waals surface area contributed by atoms with Crippen LogP contribution in [0.25, 0.3) is 0 Å². The van der Waals surface area contributed by atoms with Gasteiger partial charge in [-0.3, -0.25) is 4.79 Å². The van der Waals surface area contributed by atoms with Crippen LogP contribution in [0.3, 0.4) is 0 Å². The summed E-state index contributed by atoms with van der Waals surface area (Å²) in [7, 11) is 0. The van der Waals surface area contributed by atoms with E-state index in [1.54, 1.807) is 17.2 Å². The highest BCUT2D eigenvalue weighted by atomic mass is 32.1. The maximum atomic E-state index is 12.3. The van der Waals surface area contributed by atoms with E-state index in [1.165, 1.54) is 0 Å². The zero-order chi connectivity index (χ0) is 14.5. The summed E-state index contributed by atoms with van der Waals surface area (Å²) in [6.07, 6.45) is 1.66. The van der Waals surface area contributed by atoms with Crippen molar-refractivity contribution in [3.63, 3.8) is 0 Å². The number of nitrogens with zero attached hydrogens (tertiary/aromatic N) is 2. The standard InChI is InChI=1S/C15H14N2OS2/c1-11-5-7-12(8-6-11)13(18)10-17(15(19)20)14-4-2-3-9-16-14/h2-9H,10H2,1H3,(H,19,20). The lowest BCUT2D eigenvalue weighted by atomic mass is 10.1. The summed E-state index contributed by atoms with van der Waals surface area (Å²) in [4.78, 5) is 18.1. The molecule has 1 heterocycles. The number of carbonyl (C=O) groups is 1. The highest BCUT2D eigenvalue weighted by molar-refractivity contribution is 8.11. The molecule has 0 aliphatic carbocycles. The van der Waals surface area contributed by atoms with Crippen LogP contribution >= 0.6 is 24.8 Å². The Labute approximate surface area is 129 Å². The SMILES string of the molecule is Cc1ccc(C(=O)CN(C(=S)S)c2ccccn2)cc1. The molecule has 102 valence electrons. The van der Waals surface area contributed by atoms with Crippen LogP contribution in [0.4, 0.5) is 5.82 Å². The van der Waals surface area contributed by atoms with Gasteiger partial charge in [0.2, 0.25) is 0 Å². The Morgan fingerprint density at radius 2 is 1.95 bits per heavy atom. The van der Waals surface area contributed by atoms with Gasteiger partial charge >= 0.3 is 0 Å². The monoisotopic (exact) mass is 302 g/mol. The van der Waals surface area contributed by atoms with Crippen LogP contribution in [-0.4, -0.2) is 21.6 Å². The number of Topliss-reactive ketones (excluding diaryl/α,β-unsaturated/α-hetero) is 1. The van der Waals surface area contributed by atoms with Crippen molar-refractivity contribution in [2.75, 3.05) is 11.4 Å². The summed E-state index contributed by atoms with van der Waals surface area (Å²) in [5.41, 5.74) is 1.77. The number of anilines is 1. The summed E-state index contributed by atoms with van der Waals surface area (Å²) >= 11 is 9.26. The molecule has 3 nitrogen and oxygen atoms in total. The van der Waals surface area contributed by atoms with Crippen LogP contribution in [0.15, 0.2) is 48.7 Å². The van der Waals surface area contributed by atoms with Crippen molar-refractivity contribution < 1.29 is 4.79 Å². The first-order valence-corrected chi connectivity index (χ1v) is 6.95. The number of aromatic nitrogens is 1. The number of aryl methyl sites for hydroxylation is 1. The quantitative estimate of drug-likeness (QED) is 0.534. The third-order valence-electron chi connectivity index (χ3n) is 2.83. The van der Waals surface area contributed by atoms with Gasteiger partial charge in [-0.25, -0.2) is 4.98 Å². The van der Waals surface area contributed by atoms with Gasteiger partial charge in [0.15, 0.2) is 5.78 Å². The molecular formula is C15H14N2OS2. The molecule has 0 radical (unpaired) electrons. The van der Waals surface area contributed by atoms with Gasteiger partial charge in [-0.2, -0.15) is 0 Å². The van der Waals surface area contributed by atoms with Crippen LogP contribution in [0, 0.1) is 6.92 Å². The average molecular weight is 302 g/mol. The Balaban J connectivity index is 2.19. The van der Waals surface area contributed by atoms with Gasteiger partial charge in [-0.05, 0) is 19.1 Å². The minimum atomic E-state index is -0.0212. The van der Waals surface area contributed by atoms with Gasteiger partial charge in [0.1, 0.15) is 10.1 Å². The molecule has 0 saturated carbocycles. The molecule has 0 atom stereocenters. The van der Waals surface area contributed by atoms with Gasteiger partial charge < -0.3 is 4.90 Å². The van der Waals surface area contributed by atoms with E-state index in [2.05, 4.69) is 17.6 Å². The Morgan fingerprint density at radius 3 is 2.50 bits per heavy atom. The van der Waals surface area contributed by atoms with Crippen molar-refractivity contribution in [3.8, 4) is 0 Å². The molecule has 0 aliphatic rings. The summed E-state index contributed by atoms with van der Waals surface area (Å²) < 4.78 is 0.323. The van der Waals surface area contributed by atoms with Crippen LogP contribution in [-0.2, 0) is 0 Å². The molecule has 0 unspecified atom stereocenters. The van der Waals surface area contributed by atoms with Crippen LogP contribution in [0.5, 0.6) is 0 Å². The second-order valence-electron chi connectivity index (χ2n) is 4.35. The largest absolute Gasteiger partial charge is 0.304 e. The van der Waals surface area contributed by atoms with Gasteiger partial charge in [-0.1, -0.05) is 48.1 Å². The van der Waals surface area contributed by atoms with Gasteiger partial charge in [-0.15, -0.1) is 12.6 Å². The number of hydrogen-bond acceptors (Lipinski definition) is 3. The second kappa shape index (κ2) is 6.63. The van der Waals surface area contributed by atoms with E-state index in [0.717, 1.165) is 5.56 Å². The van der Waals surface area contributed by atoms with Crippen LogP contribution in [0.2, 0.25) is 0 Å². The van der Waals surface area contributed by atoms with E-state index in [4.69, 9.17) is 12.2 Å². The minimum absolute atomic E-state index is 0.0212. The van der Waals surface area contributed by atoms with Crippen molar-refractivity contribution >= 4 is 40.8 Å². The summed E-state index contributed by atoms with van der Waals surface area (Å²) in [6.45, 7) is 2.11. The van der Waals surface area contributed by atoms with E-state index < -0.39 is 0 Å². The third kappa shape index (κ3) is 3.65. The normalized spacial score (nSPS) is 10.1. The van der Waals surface area contributed by atoms with Crippen LogP contribution < -0.4 is 4.90 Å². The molecule has 2 rings (SSSR count). The fourth-order valence-corrected chi connectivity index (χ4v) is 2.07. The van der Waals surface area contributed by atoms with E-state index in [-0.39, 0.29) is 12.3 Å².